The van der Waals surface area contributed by atoms with Gasteiger partial charge in [-0.1, -0.05) is 29.8 Å². The summed E-state index contributed by atoms with van der Waals surface area (Å²) in [6.45, 7) is 3.87. The summed E-state index contributed by atoms with van der Waals surface area (Å²) in [6, 6.07) is 14.1. The summed E-state index contributed by atoms with van der Waals surface area (Å²) in [4.78, 5) is 10.5. The Bertz CT molecular complexity index is 905. The maximum atomic E-state index is 12.2. The SMILES string of the molecule is C/C(=N/Nc1ccc(C)cc1)c1ccc(S(=O)(=O)NCCCC(=O)[O-])cc1. The van der Waals surface area contributed by atoms with Gasteiger partial charge in [0.2, 0.25) is 10.0 Å². The third kappa shape index (κ3) is 6.50. The fourth-order valence-electron chi connectivity index (χ4n) is 2.24. The van der Waals surface area contributed by atoms with Crippen LogP contribution >= 0.6 is 0 Å². The Morgan fingerprint density at radius 1 is 1.07 bits per heavy atom. The number of carbonyl (C=O) groups is 1. The monoisotopic (exact) mass is 388 g/mol. The lowest BCUT2D eigenvalue weighted by molar-refractivity contribution is -0.305. The van der Waals surface area contributed by atoms with Crippen LogP contribution in [0, 0.1) is 6.92 Å². The molecular formula is C19H22N3O4S-. The van der Waals surface area contributed by atoms with Crippen LogP contribution < -0.4 is 15.3 Å². The van der Waals surface area contributed by atoms with Crippen molar-refractivity contribution in [3.05, 3.63) is 59.7 Å². The third-order valence-electron chi connectivity index (χ3n) is 3.84. The number of hydrogen-bond donors (Lipinski definition) is 2. The van der Waals surface area contributed by atoms with Gasteiger partial charge in [-0.2, -0.15) is 5.10 Å². The van der Waals surface area contributed by atoms with E-state index in [-0.39, 0.29) is 24.3 Å². The molecule has 0 aliphatic heterocycles. The van der Waals surface area contributed by atoms with E-state index < -0.39 is 16.0 Å². The van der Waals surface area contributed by atoms with Crippen LogP contribution in [0.15, 0.2) is 58.5 Å². The first-order chi connectivity index (χ1) is 12.8. The summed E-state index contributed by atoms with van der Waals surface area (Å²) < 4.78 is 26.7. The van der Waals surface area contributed by atoms with Crippen LogP contribution in [-0.4, -0.2) is 26.6 Å². The second-order valence-corrected chi connectivity index (χ2v) is 7.84. The van der Waals surface area contributed by atoms with E-state index in [1.54, 1.807) is 12.1 Å². The van der Waals surface area contributed by atoms with Gasteiger partial charge in [0.1, 0.15) is 0 Å². The van der Waals surface area contributed by atoms with Gasteiger partial charge in [0.05, 0.1) is 16.3 Å². The molecule has 0 aliphatic rings. The van der Waals surface area contributed by atoms with E-state index in [0.29, 0.717) is 5.71 Å². The molecule has 0 fully saturated rings. The van der Waals surface area contributed by atoms with Crippen molar-refractivity contribution in [2.75, 3.05) is 12.0 Å². The smallest absolute Gasteiger partial charge is 0.240 e. The summed E-state index contributed by atoms with van der Waals surface area (Å²) in [5.41, 5.74) is 6.47. The second-order valence-electron chi connectivity index (χ2n) is 6.07. The zero-order valence-corrected chi connectivity index (χ0v) is 16.0. The van der Waals surface area contributed by atoms with Gasteiger partial charge in [-0.25, -0.2) is 13.1 Å². The van der Waals surface area contributed by atoms with Crippen LogP contribution in [0.4, 0.5) is 5.69 Å². The first-order valence-corrected chi connectivity index (χ1v) is 9.93. The standard InChI is InChI=1S/C19H23N3O4S/c1-14-5-9-17(10-6-14)22-21-15(2)16-7-11-18(12-8-16)27(25,26)20-13-3-4-19(23)24/h5-12,20,22H,3-4,13H2,1-2H3,(H,23,24)/p-1/b21-15-. The predicted octanol–water partition coefficient (Wildman–Crippen LogP) is 1.64. The fourth-order valence-corrected chi connectivity index (χ4v) is 3.31. The Labute approximate surface area is 159 Å². The van der Waals surface area contributed by atoms with Crippen molar-refractivity contribution in [2.24, 2.45) is 5.10 Å². The Hall–Kier alpha value is -2.71. The molecule has 0 amide bonds. The molecular weight excluding hydrogens is 366 g/mol. The molecule has 0 saturated heterocycles. The molecule has 2 N–H and O–H groups in total. The Balaban J connectivity index is 1.99. The van der Waals surface area contributed by atoms with Crippen molar-refractivity contribution in [1.29, 1.82) is 0 Å². The number of sulfonamides is 1. The van der Waals surface area contributed by atoms with Crippen LogP contribution in [0.1, 0.15) is 30.9 Å². The first kappa shape index (κ1) is 20.6. The number of carboxylic acids is 1. The van der Waals surface area contributed by atoms with Crippen LogP contribution in [0.25, 0.3) is 0 Å². The highest BCUT2D eigenvalue weighted by molar-refractivity contribution is 7.89. The van der Waals surface area contributed by atoms with Crippen LogP contribution in [-0.2, 0) is 14.8 Å². The van der Waals surface area contributed by atoms with Crippen LogP contribution in [0.3, 0.4) is 0 Å². The van der Waals surface area contributed by atoms with E-state index in [1.165, 1.54) is 12.1 Å². The molecule has 144 valence electrons. The fraction of sp³-hybridized carbons (Fsp3) is 0.263. The van der Waals surface area contributed by atoms with Crippen molar-refractivity contribution in [3.63, 3.8) is 0 Å². The highest BCUT2D eigenvalue weighted by Crippen LogP contribution is 2.13. The topological polar surface area (TPSA) is 111 Å². The normalized spacial score (nSPS) is 12.0. The number of hydrogen-bond acceptors (Lipinski definition) is 6. The van der Waals surface area contributed by atoms with Gasteiger partial charge in [-0.15, -0.1) is 0 Å². The van der Waals surface area contributed by atoms with Gasteiger partial charge in [0.15, 0.2) is 0 Å². The largest absolute Gasteiger partial charge is 0.550 e. The van der Waals surface area contributed by atoms with Crippen LogP contribution in [0.2, 0.25) is 0 Å². The number of aryl methyl sites for hydroxylation is 1. The lowest BCUT2D eigenvalue weighted by Crippen LogP contribution is -2.27. The number of rotatable bonds is 9. The zero-order valence-electron chi connectivity index (χ0n) is 15.2. The molecule has 0 aliphatic carbocycles. The van der Waals surface area contributed by atoms with Crippen LogP contribution in [0.5, 0.6) is 0 Å². The number of carbonyl (C=O) groups excluding carboxylic acids is 1. The molecule has 7 nitrogen and oxygen atoms in total. The molecule has 0 aromatic heterocycles. The minimum atomic E-state index is -3.68. The van der Waals surface area contributed by atoms with Gasteiger partial charge in [0, 0.05) is 12.5 Å². The van der Waals surface area contributed by atoms with Gasteiger partial charge in [-0.3, -0.25) is 5.43 Å². The number of benzene rings is 2. The average Bonchev–Trinajstić information content (AvgIpc) is 2.64. The van der Waals surface area contributed by atoms with Gasteiger partial charge < -0.3 is 9.90 Å². The summed E-state index contributed by atoms with van der Waals surface area (Å²) in [5.74, 6) is -1.20. The molecule has 0 radical (unpaired) electrons. The average molecular weight is 388 g/mol. The number of hydrazone groups is 1. The molecule has 2 aromatic carbocycles. The molecule has 0 bridgehead atoms. The second kappa shape index (κ2) is 9.29. The molecule has 8 heteroatoms. The van der Waals surface area contributed by atoms with Crippen molar-refractivity contribution < 1.29 is 18.3 Å². The number of aliphatic carboxylic acids is 1. The number of anilines is 1. The number of nitrogens with zero attached hydrogens (tertiary/aromatic N) is 1. The summed E-state index contributed by atoms with van der Waals surface area (Å²) >= 11 is 0. The van der Waals surface area contributed by atoms with Crippen molar-refractivity contribution in [3.8, 4) is 0 Å². The minimum Gasteiger partial charge on any atom is -0.550 e. The predicted molar refractivity (Wildman–Crippen MR) is 103 cm³/mol. The number of carboxylic acid groups (broad SMARTS) is 1. The van der Waals surface area contributed by atoms with E-state index in [4.69, 9.17) is 0 Å². The van der Waals surface area contributed by atoms with Gasteiger partial charge >= 0.3 is 0 Å². The minimum absolute atomic E-state index is 0.0407. The first-order valence-electron chi connectivity index (χ1n) is 8.45. The Kier molecular flexibility index (Phi) is 7.09. The quantitative estimate of drug-likeness (QED) is 0.385. The van der Waals surface area contributed by atoms with E-state index in [1.807, 2.05) is 38.1 Å². The molecule has 0 atom stereocenters. The molecule has 2 aromatic rings. The molecule has 27 heavy (non-hydrogen) atoms. The molecule has 0 saturated carbocycles. The van der Waals surface area contributed by atoms with Crippen molar-refractivity contribution in [1.82, 2.24) is 4.72 Å². The highest BCUT2D eigenvalue weighted by atomic mass is 32.2. The molecule has 0 heterocycles. The maximum absolute atomic E-state index is 12.2. The Morgan fingerprint density at radius 2 is 1.70 bits per heavy atom. The lowest BCUT2D eigenvalue weighted by Gasteiger charge is -2.08. The maximum Gasteiger partial charge on any atom is 0.240 e. The molecule has 2 rings (SSSR count). The van der Waals surface area contributed by atoms with Gasteiger partial charge in [0.25, 0.3) is 0 Å². The summed E-state index contributed by atoms with van der Waals surface area (Å²) in [6.07, 6.45) is -0.0127. The summed E-state index contributed by atoms with van der Waals surface area (Å²) in [7, 11) is -3.68. The number of nitrogens with one attached hydrogen (secondary N) is 2. The van der Waals surface area contributed by atoms with E-state index >= 15 is 0 Å². The van der Waals surface area contributed by atoms with E-state index in [0.717, 1.165) is 16.8 Å². The zero-order chi connectivity index (χ0) is 19.9. The Morgan fingerprint density at radius 3 is 2.30 bits per heavy atom. The lowest BCUT2D eigenvalue weighted by atomic mass is 10.1. The highest BCUT2D eigenvalue weighted by Gasteiger charge is 2.13. The van der Waals surface area contributed by atoms with E-state index in [9.17, 15) is 18.3 Å². The summed E-state index contributed by atoms with van der Waals surface area (Å²) in [5, 5.41) is 14.7. The van der Waals surface area contributed by atoms with Gasteiger partial charge in [-0.05, 0) is 56.5 Å². The van der Waals surface area contributed by atoms with Crippen molar-refractivity contribution in [2.45, 2.75) is 31.6 Å². The third-order valence-corrected chi connectivity index (χ3v) is 5.31. The molecule has 0 spiro atoms. The van der Waals surface area contributed by atoms with Crippen molar-refractivity contribution >= 4 is 27.4 Å². The van der Waals surface area contributed by atoms with E-state index in [2.05, 4.69) is 15.2 Å². The molecule has 0 unspecified atom stereocenters.